The molecular weight excluding hydrogens is 340 g/mol. The zero-order chi connectivity index (χ0) is 17.9. The topological polar surface area (TPSA) is 127 Å². The molecule has 2 aromatic rings. The summed E-state index contributed by atoms with van der Waals surface area (Å²) in [5.74, 6) is -2.82. The molecule has 8 nitrogen and oxygen atoms in total. The molecule has 0 aliphatic carbocycles. The van der Waals surface area contributed by atoms with Crippen LogP contribution in [-0.2, 0) is 10.1 Å². The van der Waals surface area contributed by atoms with Crippen molar-refractivity contribution in [1.82, 2.24) is 0 Å². The van der Waals surface area contributed by atoms with E-state index in [4.69, 9.17) is 19.1 Å². The Hall–Kier alpha value is -3.07. The van der Waals surface area contributed by atoms with E-state index in [0.717, 1.165) is 18.2 Å². The van der Waals surface area contributed by atoms with Gasteiger partial charge in [-0.2, -0.15) is 8.42 Å². The maximum absolute atomic E-state index is 12.2. The maximum atomic E-state index is 12.2. The molecule has 9 heteroatoms. The lowest BCUT2D eigenvalue weighted by molar-refractivity contribution is 0.0651. The number of hydrogen-bond donors (Lipinski definition) is 2. The standard InChI is InChI=1S/C15H12O8S/c1-22-9-2-5-11(6-3-9)24(20,21)23-10-4-7-12(14(16)17)13(8-10)15(18)19/h2-8H,1H3,(H,16,17)(H,18,19). The number of hydrogen-bond acceptors (Lipinski definition) is 6. The highest BCUT2D eigenvalue weighted by Crippen LogP contribution is 2.23. The third-order valence-electron chi connectivity index (χ3n) is 3.01. The predicted molar refractivity (Wildman–Crippen MR) is 81.2 cm³/mol. The first-order valence-electron chi connectivity index (χ1n) is 6.44. The number of methoxy groups -OCH3 is 1. The number of aromatic carboxylic acids is 2. The Morgan fingerprint density at radius 1 is 0.875 bits per heavy atom. The second kappa shape index (κ2) is 6.59. The normalized spacial score (nSPS) is 10.9. The summed E-state index contributed by atoms with van der Waals surface area (Å²) in [4.78, 5) is 21.9. The van der Waals surface area contributed by atoms with Crippen molar-refractivity contribution < 1.29 is 37.1 Å². The van der Waals surface area contributed by atoms with Crippen molar-refractivity contribution in [2.75, 3.05) is 7.11 Å². The minimum absolute atomic E-state index is 0.164. The fourth-order valence-corrected chi connectivity index (χ4v) is 2.78. The van der Waals surface area contributed by atoms with Gasteiger partial charge < -0.3 is 19.1 Å². The largest absolute Gasteiger partial charge is 0.497 e. The van der Waals surface area contributed by atoms with E-state index in [-0.39, 0.29) is 10.6 Å². The van der Waals surface area contributed by atoms with Gasteiger partial charge in [0.15, 0.2) is 0 Å². The molecule has 24 heavy (non-hydrogen) atoms. The molecule has 0 saturated heterocycles. The molecule has 0 aliphatic rings. The molecule has 0 unspecified atom stereocenters. The van der Waals surface area contributed by atoms with E-state index in [1.807, 2.05) is 0 Å². The second-order valence-electron chi connectivity index (χ2n) is 4.53. The van der Waals surface area contributed by atoms with Gasteiger partial charge in [-0.1, -0.05) is 0 Å². The van der Waals surface area contributed by atoms with E-state index in [0.29, 0.717) is 5.75 Å². The first kappa shape index (κ1) is 17.3. The third kappa shape index (κ3) is 3.63. The molecule has 0 spiro atoms. The van der Waals surface area contributed by atoms with Gasteiger partial charge in [-0.3, -0.25) is 0 Å². The van der Waals surface area contributed by atoms with E-state index in [9.17, 15) is 18.0 Å². The Balaban J connectivity index is 2.37. The van der Waals surface area contributed by atoms with Crippen LogP contribution in [0.2, 0.25) is 0 Å². The van der Waals surface area contributed by atoms with Crippen molar-refractivity contribution in [2.24, 2.45) is 0 Å². The van der Waals surface area contributed by atoms with Gasteiger partial charge in [0.1, 0.15) is 16.4 Å². The Kier molecular flexibility index (Phi) is 4.74. The fraction of sp³-hybridized carbons (Fsp3) is 0.0667. The Bertz CT molecular complexity index is 884. The van der Waals surface area contributed by atoms with Crippen LogP contribution >= 0.6 is 0 Å². The van der Waals surface area contributed by atoms with Crippen LogP contribution < -0.4 is 8.92 Å². The zero-order valence-corrected chi connectivity index (χ0v) is 13.1. The van der Waals surface area contributed by atoms with E-state index < -0.39 is 33.2 Å². The number of carbonyl (C=O) groups is 2. The van der Waals surface area contributed by atoms with Crippen LogP contribution in [0.4, 0.5) is 0 Å². The molecule has 0 aromatic heterocycles. The SMILES string of the molecule is COc1ccc(S(=O)(=O)Oc2ccc(C(=O)O)c(C(=O)O)c2)cc1. The molecule has 0 amide bonds. The number of benzene rings is 2. The molecule has 2 N–H and O–H groups in total. The summed E-state index contributed by atoms with van der Waals surface area (Å²) in [5, 5.41) is 18.0. The lowest BCUT2D eigenvalue weighted by atomic mass is 10.1. The van der Waals surface area contributed by atoms with E-state index in [2.05, 4.69) is 0 Å². The molecule has 0 saturated carbocycles. The Labute approximate surface area is 137 Å². The van der Waals surface area contributed by atoms with Gasteiger partial charge in [0.05, 0.1) is 18.2 Å². The number of carboxylic acids is 2. The number of carboxylic acid groups (broad SMARTS) is 2. The smallest absolute Gasteiger partial charge is 0.339 e. The summed E-state index contributed by atoms with van der Waals surface area (Å²) in [5.41, 5.74) is -1.05. The number of ether oxygens (including phenoxy) is 1. The van der Waals surface area contributed by atoms with Crippen molar-refractivity contribution in [3.63, 3.8) is 0 Å². The van der Waals surface area contributed by atoms with Crippen molar-refractivity contribution in [3.05, 3.63) is 53.6 Å². The number of rotatable bonds is 6. The summed E-state index contributed by atoms with van der Waals surface area (Å²) in [6.45, 7) is 0. The van der Waals surface area contributed by atoms with Gasteiger partial charge in [0.2, 0.25) is 0 Å². The fourth-order valence-electron chi connectivity index (χ4n) is 1.86. The average molecular weight is 352 g/mol. The molecule has 0 heterocycles. The predicted octanol–water partition coefficient (Wildman–Crippen LogP) is 1.86. The molecule has 2 aromatic carbocycles. The average Bonchev–Trinajstić information content (AvgIpc) is 2.54. The highest BCUT2D eigenvalue weighted by atomic mass is 32.2. The van der Waals surface area contributed by atoms with Crippen LogP contribution in [0.3, 0.4) is 0 Å². The van der Waals surface area contributed by atoms with E-state index in [1.54, 1.807) is 0 Å². The van der Waals surface area contributed by atoms with Gasteiger partial charge in [0, 0.05) is 0 Å². The summed E-state index contributed by atoms with van der Waals surface area (Å²) in [6, 6.07) is 8.24. The second-order valence-corrected chi connectivity index (χ2v) is 6.08. The van der Waals surface area contributed by atoms with Crippen LogP contribution in [0.25, 0.3) is 0 Å². The van der Waals surface area contributed by atoms with Crippen molar-refractivity contribution in [2.45, 2.75) is 4.90 Å². The van der Waals surface area contributed by atoms with Crippen LogP contribution in [0.15, 0.2) is 47.4 Å². The third-order valence-corrected chi connectivity index (χ3v) is 4.27. The lowest BCUT2D eigenvalue weighted by Gasteiger charge is -2.09. The van der Waals surface area contributed by atoms with Crippen LogP contribution in [0.5, 0.6) is 11.5 Å². The molecule has 0 atom stereocenters. The maximum Gasteiger partial charge on any atom is 0.339 e. The first-order valence-corrected chi connectivity index (χ1v) is 7.84. The molecule has 0 radical (unpaired) electrons. The summed E-state index contributed by atoms with van der Waals surface area (Å²) in [6.07, 6.45) is 0. The Morgan fingerprint density at radius 2 is 1.42 bits per heavy atom. The van der Waals surface area contributed by atoms with Gasteiger partial charge in [0.25, 0.3) is 0 Å². The molecular formula is C15H12O8S. The lowest BCUT2D eigenvalue weighted by Crippen LogP contribution is -2.12. The molecule has 2 rings (SSSR count). The Morgan fingerprint density at radius 3 is 1.92 bits per heavy atom. The quantitative estimate of drug-likeness (QED) is 0.754. The van der Waals surface area contributed by atoms with Gasteiger partial charge >= 0.3 is 22.1 Å². The van der Waals surface area contributed by atoms with Crippen molar-refractivity contribution >= 4 is 22.1 Å². The summed E-state index contributed by atoms with van der Waals surface area (Å²) >= 11 is 0. The van der Waals surface area contributed by atoms with E-state index in [1.165, 1.54) is 31.4 Å². The van der Waals surface area contributed by atoms with Crippen molar-refractivity contribution in [3.8, 4) is 11.5 Å². The molecule has 0 fully saturated rings. The van der Waals surface area contributed by atoms with Gasteiger partial charge in [-0.15, -0.1) is 0 Å². The monoisotopic (exact) mass is 352 g/mol. The highest BCUT2D eigenvalue weighted by molar-refractivity contribution is 7.87. The minimum Gasteiger partial charge on any atom is -0.497 e. The van der Waals surface area contributed by atoms with Gasteiger partial charge in [-0.05, 0) is 42.5 Å². The van der Waals surface area contributed by atoms with Crippen LogP contribution in [-0.4, -0.2) is 37.7 Å². The zero-order valence-electron chi connectivity index (χ0n) is 12.3. The van der Waals surface area contributed by atoms with Crippen molar-refractivity contribution in [1.29, 1.82) is 0 Å². The van der Waals surface area contributed by atoms with Crippen LogP contribution in [0, 0.1) is 0 Å². The summed E-state index contributed by atoms with van der Waals surface area (Å²) in [7, 11) is -2.78. The molecule has 126 valence electrons. The van der Waals surface area contributed by atoms with E-state index >= 15 is 0 Å². The summed E-state index contributed by atoms with van der Waals surface area (Å²) < 4.78 is 34.1. The minimum atomic E-state index is -4.21. The van der Waals surface area contributed by atoms with Crippen LogP contribution in [0.1, 0.15) is 20.7 Å². The molecule has 0 aliphatic heterocycles. The molecule has 0 bridgehead atoms. The highest BCUT2D eigenvalue weighted by Gasteiger charge is 2.21. The first-order chi connectivity index (χ1) is 11.2. The van der Waals surface area contributed by atoms with Gasteiger partial charge in [-0.25, -0.2) is 9.59 Å².